The van der Waals surface area contributed by atoms with Crippen molar-refractivity contribution in [1.29, 1.82) is 0 Å². The average Bonchev–Trinajstić information content (AvgIpc) is 2.62. The van der Waals surface area contributed by atoms with Crippen LogP contribution in [0.3, 0.4) is 0 Å². The molecule has 0 spiro atoms. The molecule has 0 radical (unpaired) electrons. The second-order valence-corrected chi connectivity index (χ2v) is 6.51. The number of pyridine rings is 1. The Morgan fingerprint density at radius 2 is 2.12 bits per heavy atom. The number of nitrogens with two attached hydrogens (primary N) is 1. The van der Waals surface area contributed by atoms with E-state index in [9.17, 15) is 9.90 Å². The van der Waals surface area contributed by atoms with E-state index < -0.39 is 6.09 Å². The minimum absolute atomic E-state index is 0.0114. The van der Waals surface area contributed by atoms with E-state index >= 15 is 0 Å². The number of piperazine rings is 1. The van der Waals surface area contributed by atoms with Crippen molar-refractivity contribution in [3.63, 3.8) is 0 Å². The summed E-state index contributed by atoms with van der Waals surface area (Å²) in [7, 11) is 0. The van der Waals surface area contributed by atoms with Gasteiger partial charge >= 0.3 is 6.09 Å². The maximum atomic E-state index is 11.2. The predicted octanol–water partition coefficient (Wildman–Crippen LogP) is 2.39. The van der Waals surface area contributed by atoms with E-state index in [1.54, 1.807) is 6.20 Å². The smallest absolute Gasteiger partial charge is 0.407 e. The fourth-order valence-electron chi connectivity index (χ4n) is 3.31. The summed E-state index contributed by atoms with van der Waals surface area (Å²) in [5.74, 6) is 0. The Morgan fingerprint density at radius 3 is 2.84 bits per heavy atom. The number of aromatic nitrogens is 1. The molecule has 3 N–H and O–H groups in total. The van der Waals surface area contributed by atoms with E-state index in [0.717, 1.165) is 36.5 Å². The monoisotopic (exact) mass is 340 g/mol. The SMILES string of the molecule is C[C@H]1CN(Cc2cccc(-c3cc(CN)ccn3)c2)CCN1C(=O)O. The Hall–Kier alpha value is -2.44. The summed E-state index contributed by atoms with van der Waals surface area (Å²) in [6, 6.07) is 12.3. The van der Waals surface area contributed by atoms with Gasteiger partial charge < -0.3 is 15.7 Å². The summed E-state index contributed by atoms with van der Waals surface area (Å²) in [6.07, 6.45) is 0.955. The van der Waals surface area contributed by atoms with Gasteiger partial charge in [0.15, 0.2) is 0 Å². The summed E-state index contributed by atoms with van der Waals surface area (Å²) in [4.78, 5) is 19.4. The summed E-state index contributed by atoms with van der Waals surface area (Å²) in [5.41, 5.74) is 9.98. The van der Waals surface area contributed by atoms with Crippen LogP contribution in [0.1, 0.15) is 18.1 Å². The van der Waals surface area contributed by atoms with Gasteiger partial charge in [-0.3, -0.25) is 9.88 Å². The number of benzene rings is 1. The van der Waals surface area contributed by atoms with Crippen molar-refractivity contribution in [3.8, 4) is 11.3 Å². The fourth-order valence-corrected chi connectivity index (χ4v) is 3.31. The highest BCUT2D eigenvalue weighted by molar-refractivity contribution is 5.65. The van der Waals surface area contributed by atoms with Crippen LogP contribution in [0, 0.1) is 0 Å². The Kier molecular flexibility index (Phi) is 5.31. The van der Waals surface area contributed by atoms with Gasteiger partial charge in [-0.15, -0.1) is 0 Å². The van der Waals surface area contributed by atoms with Gasteiger partial charge in [0, 0.05) is 50.5 Å². The minimum Gasteiger partial charge on any atom is -0.465 e. The van der Waals surface area contributed by atoms with E-state index in [0.29, 0.717) is 13.1 Å². The molecule has 1 atom stereocenters. The van der Waals surface area contributed by atoms with Crippen molar-refractivity contribution < 1.29 is 9.90 Å². The summed E-state index contributed by atoms with van der Waals surface area (Å²) < 4.78 is 0. The molecular formula is C19H24N4O2. The minimum atomic E-state index is -0.833. The Bertz CT molecular complexity index is 750. The molecule has 1 aromatic carbocycles. The van der Waals surface area contributed by atoms with Crippen molar-refractivity contribution >= 4 is 6.09 Å². The van der Waals surface area contributed by atoms with Crippen LogP contribution in [0.5, 0.6) is 0 Å². The number of hydrogen-bond donors (Lipinski definition) is 2. The summed E-state index contributed by atoms with van der Waals surface area (Å²) in [5, 5.41) is 9.18. The van der Waals surface area contributed by atoms with E-state index in [1.807, 2.05) is 25.1 Å². The molecule has 3 rings (SSSR count). The normalized spacial score (nSPS) is 18.3. The van der Waals surface area contributed by atoms with Crippen molar-refractivity contribution in [1.82, 2.24) is 14.8 Å². The zero-order valence-electron chi connectivity index (χ0n) is 14.4. The number of nitrogens with zero attached hydrogens (tertiary/aromatic N) is 3. The van der Waals surface area contributed by atoms with Crippen molar-refractivity contribution in [2.24, 2.45) is 5.73 Å². The van der Waals surface area contributed by atoms with Crippen LogP contribution in [0.15, 0.2) is 42.6 Å². The molecule has 2 heterocycles. The molecule has 1 amide bonds. The maximum Gasteiger partial charge on any atom is 0.407 e. The zero-order chi connectivity index (χ0) is 17.8. The van der Waals surface area contributed by atoms with Crippen molar-refractivity contribution in [3.05, 3.63) is 53.7 Å². The van der Waals surface area contributed by atoms with Gasteiger partial charge in [0.25, 0.3) is 0 Å². The van der Waals surface area contributed by atoms with Gasteiger partial charge in [-0.25, -0.2) is 4.79 Å². The van der Waals surface area contributed by atoms with E-state index in [1.165, 1.54) is 10.5 Å². The van der Waals surface area contributed by atoms with Crippen LogP contribution in [0.25, 0.3) is 11.3 Å². The molecule has 0 aliphatic carbocycles. The molecule has 132 valence electrons. The maximum absolute atomic E-state index is 11.2. The molecule has 1 saturated heterocycles. The number of rotatable bonds is 4. The molecule has 2 aromatic rings. The lowest BCUT2D eigenvalue weighted by Gasteiger charge is -2.38. The van der Waals surface area contributed by atoms with Gasteiger partial charge in [-0.05, 0) is 36.2 Å². The van der Waals surface area contributed by atoms with Gasteiger partial charge in [-0.1, -0.05) is 18.2 Å². The average molecular weight is 340 g/mol. The van der Waals surface area contributed by atoms with Crippen LogP contribution < -0.4 is 5.73 Å². The molecule has 1 aromatic heterocycles. The topological polar surface area (TPSA) is 82.7 Å². The van der Waals surface area contributed by atoms with Gasteiger partial charge in [0.1, 0.15) is 0 Å². The number of carbonyl (C=O) groups is 1. The molecule has 6 heteroatoms. The second-order valence-electron chi connectivity index (χ2n) is 6.51. The van der Waals surface area contributed by atoms with Crippen molar-refractivity contribution in [2.75, 3.05) is 19.6 Å². The quantitative estimate of drug-likeness (QED) is 0.893. The van der Waals surface area contributed by atoms with Gasteiger partial charge in [-0.2, -0.15) is 0 Å². The highest BCUT2D eigenvalue weighted by Gasteiger charge is 2.26. The van der Waals surface area contributed by atoms with Crippen molar-refractivity contribution in [2.45, 2.75) is 26.1 Å². The zero-order valence-corrected chi connectivity index (χ0v) is 14.4. The van der Waals surface area contributed by atoms with Crippen LogP contribution in [-0.4, -0.2) is 51.7 Å². The lowest BCUT2D eigenvalue weighted by Crippen LogP contribution is -2.53. The van der Waals surface area contributed by atoms with E-state index in [-0.39, 0.29) is 6.04 Å². The highest BCUT2D eigenvalue weighted by Crippen LogP contribution is 2.21. The standard InChI is InChI=1S/C19H24N4O2/c1-14-12-22(7-8-23(14)19(24)25)13-16-3-2-4-17(9-16)18-10-15(11-20)5-6-21-18/h2-6,9-10,14H,7-8,11-13,20H2,1H3,(H,24,25)/t14-/m0/s1. The van der Waals surface area contributed by atoms with Crippen LogP contribution in [-0.2, 0) is 13.1 Å². The third-order valence-electron chi connectivity index (χ3n) is 4.65. The highest BCUT2D eigenvalue weighted by atomic mass is 16.4. The van der Waals surface area contributed by atoms with Gasteiger partial charge in [0.05, 0.1) is 5.69 Å². The molecule has 25 heavy (non-hydrogen) atoms. The number of amides is 1. The molecule has 1 fully saturated rings. The fraction of sp³-hybridized carbons (Fsp3) is 0.368. The lowest BCUT2D eigenvalue weighted by molar-refractivity contribution is 0.0711. The number of carboxylic acid groups (broad SMARTS) is 1. The van der Waals surface area contributed by atoms with Crippen LogP contribution >= 0.6 is 0 Å². The first-order valence-electron chi connectivity index (χ1n) is 8.53. The van der Waals surface area contributed by atoms with Crippen LogP contribution in [0.2, 0.25) is 0 Å². The summed E-state index contributed by atoms with van der Waals surface area (Å²) >= 11 is 0. The first kappa shape index (κ1) is 17.4. The van der Waals surface area contributed by atoms with E-state index in [2.05, 4.69) is 28.1 Å². The second kappa shape index (κ2) is 7.63. The molecular weight excluding hydrogens is 316 g/mol. The Balaban J connectivity index is 1.71. The lowest BCUT2D eigenvalue weighted by atomic mass is 10.0. The Labute approximate surface area is 147 Å². The molecule has 1 aliphatic rings. The largest absolute Gasteiger partial charge is 0.465 e. The summed E-state index contributed by atoms with van der Waals surface area (Å²) in [6.45, 7) is 5.32. The first-order chi connectivity index (χ1) is 12.1. The van der Waals surface area contributed by atoms with Crippen LogP contribution in [0.4, 0.5) is 4.79 Å². The third kappa shape index (κ3) is 4.15. The van der Waals surface area contributed by atoms with E-state index in [4.69, 9.17) is 5.73 Å². The van der Waals surface area contributed by atoms with Gasteiger partial charge in [0.2, 0.25) is 0 Å². The molecule has 0 unspecified atom stereocenters. The Morgan fingerprint density at radius 1 is 1.28 bits per heavy atom. The molecule has 6 nitrogen and oxygen atoms in total. The predicted molar refractivity (Wildman–Crippen MR) is 97.0 cm³/mol. The molecule has 0 saturated carbocycles. The first-order valence-corrected chi connectivity index (χ1v) is 8.53. The third-order valence-corrected chi connectivity index (χ3v) is 4.65. The number of hydrogen-bond acceptors (Lipinski definition) is 4. The molecule has 0 bridgehead atoms. The molecule has 1 aliphatic heterocycles.